The third-order valence-corrected chi connectivity index (χ3v) is 4.60. The van der Waals surface area contributed by atoms with Gasteiger partial charge < -0.3 is 20.1 Å². The van der Waals surface area contributed by atoms with E-state index in [1.165, 1.54) is 12.1 Å². The summed E-state index contributed by atoms with van der Waals surface area (Å²) in [7, 11) is 0. The molecule has 0 aliphatic heterocycles. The number of hydrogen-bond donors (Lipinski definition) is 3. The van der Waals surface area contributed by atoms with Crippen molar-refractivity contribution in [3.63, 3.8) is 0 Å². The topological polar surface area (TPSA) is 87.0 Å². The maximum absolute atomic E-state index is 14.6. The van der Waals surface area contributed by atoms with E-state index in [-0.39, 0.29) is 17.2 Å². The number of aliphatic carboxylic acids is 1. The average Bonchev–Trinajstić information content (AvgIpc) is 2.73. The molecule has 0 fully saturated rings. The van der Waals surface area contributed by atoms with E-state index >= 15 is 0 Å². The predicted molar refractivity (Wildman–Crippen MR) is 112 cm³/mol. The number of hydrogen-bond acceptors (Lipinski definition) is 4. The summed E-state index contributed by atoms with van der Waals surface area (Å²) in [4.78, 5) is 10.7. The smallest absolute Gasteiger partial charge is 0.341 e. The van der Waals surface area contributed by atoms with Gasteiger partial charge in [-0.15, -0.1) is 0 Å². The van der Waals surface area contributed by atoms with Gasteiger partial charge in [0.1, 0.15) is 11.5 Å². The number of rotatable bonds is 7. The highest BCUT2D eigenvalue weighted by atomic mass is 19.1. The monoisotopic (exact) mass is 408 g/mol. The molecule has 0 aliphatic rings. The van der Waals surface area contributed by atoms with Crippen LogP contribution in [0.1, 0.15) is 30.0 Å². The minimum absolute atomic E-state index is 0.132. The Morgan fingerprint density at radius 2 is 1.37 bits per heavy atom. The van der Waals surface area contributed by atoms with Crippen molar-refractivity contribution in [2.45, 2.75) is 13.3 Å². The summed E-state index contributed by atoms with van der Waals surface area (Å²) in [6, 6.07) is 17.8. The fourth-order valence-corrected chi connectivity index (χ4v) is 3.24. The zero-order chi connectivity index (χ0) is 21.7. The van der Waals surface area contributed by atoms with Crippen molar-refractivity contribution >= 4 is 17.1 Å². The summed E-state index contributed by atoms with van der Waals surface area (Å²) in [6.45, 7) is 1.32. The molecule has 3 rings (SSSR count). The van der Waals surface area contributed by atoms with E-state index in [1.54, 1.807) is 54.6 Å². The molecule has 6 heteroatoms. The molecule has 0 aromatic heterocycles. The van der Waals surface area contributed by atoms with Crippen LogP contribution in [0.15, 0.2) is 66.7 Å². The highest BCUT2D eigenvalue weighted by Crippen LogP contribution is 2.36. The molecule has 0 unspecified atom stereocenters. The Morgan fingerprint density at radius 1 is 0.867 bits per heavy atom. The van der Waals surface area contributed by atoms with Gasteiger partial charge in [-0.05, 0) is 70.7 Å². The number of carboxylic acid groups (broad SMARTS) is 1. The van der Waals surface area contributed by atoms with Crippen LogP contribution < -0.4 is 4.74 Å². The molecule has 0 saturated heterocycles. The molecule has 3 N–H and O–H groups in total. The quantitative estimate of drug-likeness (QED) is 0.475. The SMILES string of the molecule is CCC(=C(c1ccc(O)cc1)c1ccc(O)cc1)c1ccc(OCC(=O)O)c(F)c1. The van der Waals surface area contributed by atoms with Gasteiger partial charge in [0.2, 0.25) is 0 Å². The van der Waals surface area contributed by atoms with E-state index in [1.807, 2.05) is 6.92 Å². The Morgan fingerprint density at radius 3 is 1.80 bits per heavy atom. The Balaban J connectivity index is 2.15. The third kappa shape index (κ3) is 4.78. The maximum atomic E-state index is 14.6. The second-order valence-corrected chi connectivity index (χ2v) is 6.63. The standard InChI is InChI=1S/C24H21FO5/c1-2-20(17-7-12-22(21(25)13-17)30-14-23(28)29)24(15-3-8-18(26)9-4-15)16-5-10-19(27)11-6-16/h3-13,26-27H,2,14H2,1H3,(H,28,29). The number of carboxylic acids is 1. The molecule has 0 saturated carbocycles. The lowest BCUT2D eigenvalue weighted by molar-refractivity contribution is -0.139. The molecule has 154 valence electrons. The number of halogens is 1. The number of aromatic hydroxyl groups is 2. The van der Waals surface area contributed by atoms with E-state index in [0.717, 1.165) is 22.3 Å². The largest absolute Gasteiger partial charge is 0.508 e. The lowest BCUT2D eigenvalue weighted by Crippen LogP contribution is -2.10. The molecular formula is C24H21FO5. The Labute approximate surface area is 173 Å². The van der Waals surface area contributed by atoms with Crippen LogP contribution in [0.25, 0.3) is 11.1 Å². The lowest BCUT2D eigenvalue weighted by Gasteiger charge is -2.17. The highest BCUT2D eigenvalue weighted by Gasteiger charge is 2.15. The van der Waals surface area contributed by atoms with E-state index in [0.29, 0.717) is 12.0 Å². The van der Waals surface area contributed by atoms with Crippen molar-refractivity contribution in [2.75, 3.05) is 6.61 Å². The molecule has 0 atom stereocenters. The molecule has 0 spiro atoms. The molecule has 0 bridgehead atoms. The minimum Gasteiger partial charge on any atom is -0.508 e. The van der Waals surface area contributed by atoms with Gasteiger partial charge in [-0.1, -0.05) is 37.3 Å². The van der Waals surface area contributed by atoms with Gasteiger partial charge in [0.25, 0.3) is 0 Å². The van der Waals surface area contributed by atoms with Crippen LogP contribution >= 0.6 is 0 Å². The van der Waals surface area contributed by atoms with E-state index in [2.05, 4.69) is 0 Å². The van der Waals surface area contributed by atoms with Crippen LogP contribution in [0, 0.1) is 5.82 Å². The first-order valence-electron chi connectivity index (χ1n) is 9.35. The molecule has 5 nitrogen and oxygen atoms in total. The van der Waals surface area contributed by atoms with E-state index in [4.69, 9.17) is 9.84 Å². The fourth-order valence-electron chi connectivity index (χ4n) is 3.24. The van der Waals surface area contributed by atoms with Crippen LogP contribution in [-0.2, 0) is 4.79 Å². The van der Waals surface area contributed by atoms with Crippen molar-refractivity contribution in [1.29, 1.82) is 0 Å². The Kier molecular flexibility index (Phi) is 6.37. The average molecular weight is 408 g/mol. The number of benzene rings is 3. The molecular weight excluding hydrogens is 387 g/mol. The molecule has 3 aromatic rings. The van der Waals surface area contributed by atoms with Gasteiger partial charge in [0.15, 0.2) is 18.2 Å². The second-order valence-electron chi connectivity index (χ2n) is 6.63. The van der Waals surface area contributed by atoms with Crippen LogP contribution in [0.4, 0.5) is 4.39 Å². The van der Waals surface area contributed by atoms with Gasteiger partial charge in [-0.25, -0.2) is 9.18 Å². The van der Waals surface area contributed by atoms with Crippen LogP contribution in [0.3, 0.4) is 0 Å². The number of phenolic OH excluding ortho intramolecular Hbond substituents is 2. The summed E-state index contributed by atoms with van der Waals surface area (Å²) in [5.74, 6) is -1.71. The summed E-state index contributed by atoms with van der Waals surface area (Å²) < 4.78 is 19.5. The van der Waals surface area contributed by atoms with Gasteiger partial charge in [0, 0.05) is 0 Å². The summed E-state index contributed by atoms with van der Waals surface area (Å²) in [5.41, 5.74) is 3.93. The van der Waals surface area contributed by atoms with Gasteiger partial charge in [0.05, 0.1) is 0 Å². The number of carbonyl (C=O) groups is 1. The Bertz CT molecular complexity index is 1020. The van der Waals surface area contributed by atoms with Crippen molar-refractivity contribution in [3.05, 3.63) is 89.2 Å². The number of ether oxygens (including phenoxy) is 1. The summed E-state index contributed by atoms with van der Waals surface area (Å²) in [6.07, 6.45) is 0.575. The first-order chi connectivity index (χ1) is 14.4. The molecule has 0 radical (unpaired) electrons. The summed E-state index contributed by atoms with van der Waals surface area (Å²) in [5, 5.41) is 28.0. The number of phenols is 2. The zero-order valence-corrected chi connectivity index (χ0v) is 16.3. The van der Waals surface area contributed by atoms with Gasteiger partial charge >= 0.3 is 5.97 Å². The Hall–Kier alpha value is -3.80. The van der Waals surface area contributed by atoms with Crippen LogP contribution in [-0.4, -0.2) is 27.9 Å². The van der Waals surface area contributed by atoms with E-state index < -0.39 is 18.4 Å². The van der Waals surface area contributed by atoms with Crippen LogP contribution in [0.2, 0.25) is 0 Å². The first-order valence-corrected chi connectivity index (χ1v) is 9.35. The van der Waals surface area contributed by atoms with Crippen molar-refractivity contribution in [3.8, 4) is 17.2 Å². The fraction of sp³-hybridized carbons (Fsp3) is 0.125. The lowest BCUT2D eigenvalue weighted by atomic mass is 9.88. The minimum atomic E-state index is -1.19. The predicted octanol–water partition coefficient (Wildman–Crippen LogP) is 5.07. The van der Waals surface area contributed by atoms with Crippen molar-refractivity contribution in [1.82, 2.24) is 0 Å². The molecule has 0 aliphatic carbocycles. The first kappa shape index (κ1) is 20.9. The van der Waals surface area contributed by atoms with Crippen molar-refractivity contribution in [2.24, 2.45) is 0 Å². The third-order valence-electron chi connectivity index (χ3n) is 4.60. The highest BCUT2D eigenvalue weighted by molar-refractivity contribution is 5.98. The molecule has 0 heterocycles. The van der Waals surface area contributed by atoms with Gasteiger partial charge in [-0.3, -0.25) is 0 Å². The number of allylic oxidation sites excluding steroid dienone is 1. The molecule has 3 aromatic carbocycles. The maximum Gasteiger partial charge on any atom is 0.341 e. The molecule has 30 heavy (non-hydrogen) atoms. The van der Waals surface area contributed by atoms with Crippen LogP contribution in [0.5, 0.6) is 17.2 Å². The second kappa shape index (κ2) is 9.13. The zero-order valence-electron chi connectivity index (χ0n) is 16.3. The van der Waals surface area contributed by atoms with Gasteiger partial charge in [-0.2, -0.15) is 0 Å². The normalized spacial score (nSPS) is 10.5. The summed E-state index contributed by atoms with van der Waals surface area (Å²) >= 11 is 0. The van der Waals surface area contributed by atoms with E-state index in [9.17, 15) is 19.4 Å². The molecule has 0 amide bonds. The van der Waals surface area contributed by atoms with Crippen molar-refractivity contribution < 1.29 is 29.2 Å².